The van der Waals surface area contributed by atoms with E-state index in [0.29, 0.717) is 12.0 Å². The van der Waals surface area contributed by atoms with Crippen LogP contribution in [0.4, 0.5) is 0 Å². The highest BCUT2D eigenvalue weighted by molar-refractivity contribution is 5.22. The topological polar surface area (TPSA) is 32.3 Å². The van der Waals surface area contributed by atoms with E-state index in [-0.39, 0.29) is 6.61 Å². The summed E-state index contributed by atoms with van der Waals surface area (Å²) in [5, 5.41) is 12.3. The molecular formula is C10H13NO. The number of aliphatic hydroxyl groups excluding tert-OH is 1. The minimum atomic E-state index is 0.284. The molecule has 2 rings (SSSR count). The SMILES string of the molecule is OCC1CNC1c1ccccc1. The van der Waals surface area contributed by atoms with Crippen LogP contribution in [0.2, 0.25) is 0 Å². The number of benzene rings is 1. The molecule has 0 spiro atoms. The summed E-state index contributed by atoms with van der Waals surface area (Å²) in [6, 6.07) is 10.6. The largest absolute Gasteiger partial charge is 0.396 e. The maximum atomic E-state index is 8.98. The normalized spacial score (nSPS) is 28.1. The third-order valence-electron chi connectivity index (χ3n) is 2.46. The van der Waals surface area contributed by atoms with Crippen LogP contribution in [0.1, 0.15) is 11.6 Å². The van der Waals surface area contributed by atoms with Crippen LogP contribution in [0.15, 0.2) is 30.3 Å². The van der Waals surface area contributed by atoms with E-state index >= 15 is 0 Å². The Hall–Kier alpha value is -0.860. The first-order valence-electron chi connectivity index (χ1n) is 4.31. The Kier molecular flexibility index (Phi) is 2.11. The molecule has 2 N–H and O–H groups in total. The zero-order valence-electron chi connectivity index (χ0n) is 6.90. The lowest BCUT2D eigenvalue weighted by Crippen LogP contribution is -2.47. The summed E-state index contributed by atoms with van der Waals surface area (Å²) in [6.45, 7) is 1.22. The van der Waals surface area contributed by atoms with Crippen LogP contribution >= 0.6 is 0 Å². The molecule has 1 fully saturated rings. The molecule has 0 aromatic heterocycles. The molecule has 2 nitrogen and oxygen atoms in total. The van der Waals surface area contributed by atoms with Crippen LogP contribution in [0.5, 0.6) is 0 Å². The van der Waals surface area contributed by atoms with E-state index in [0.717, 1.165) is 6.54 Å². The summed E-state index contributed by atoms with van der Waals surface area (Å²) in [5.41, 5.74) is 1.28. The minimum Gasteiger partial charge on any atom is -0.396 e. The fraction of sp³-hybridized carbons (Fsp3) is 0.400. The Morgan fingerprint density at radius 1 is 1.33 bits per heavy atom. The van der Waals surface area contributed by atoms with Crippen molar-refractivity contribution in [3.63, 3.8) is 0 Å². The maximum Gasteiger partial charge on any atom is 0.0489 e. The van der Waals surface area contributed by atoms with Crippen LogP contribution < -0.4 is 5.32 Å². The van der Waals surface area contributed by atoms with Crippen LogP contribution in [-0.4, -0.2) is 18.3 Å². The Balaban J connectivity index is 2.11. The number of hydrogen-bond donors (Lipinski definition) is 2. The van der Waals surface area contributed by atoms with Gasteiger partial charge in [-0.1, -0.05) is 30.3 Å². The highest BCUT2D eigenvalue weighted by Crippen LogP contribution is 2.28. The molecule has 0 aliphatic carbocycles. The second-order valence-electron chi connectivity index (χ2n) is 3.24. The van der Waals surface area contributed by atoms with Crippen molar-refractivity contribution < 1.29 is 5.11 Å². The summed E-state index contributed by atoms with van der Waals surface area (Å²) in [6.07, 6.45) is 0. The first kappa shape index (κ1) is 7.77. The van der Waals surface area contributed by atoms with Crippen molar-refractivity contribution in [2.45, 2.75) is 6.04 Å². The van der Waals surface area contributed by atoms with Crippen molar-refractivity contribution in [2.75, 3.05) is 13.2 Å². The van der Waals surface area contributed by atoms with Crippen LogP contribution in [0.3, 0.4) is 0 Å². The van der Waals surface area contributed by atoms with Crippen molar-refractivity contribution >= 4 is 0 Å². The molecule has 1 heterocycles. The standard InChI is InChI=1S/C10H13NO/c12-7-9-6-11-10(9)8-4-2-1-3-5-8/h1-5,9-12H,6-7H2. The van der Waals surface area contributed by atoms with Crippen molar-refractivity contribution in [3.05, 3.63) is 35.9 Å². The zero-order valence-corrected chi connectivity index (χ0v) is 6.90. The van der Waals surface area contributed by atoms with Crippen LogP contribution in [0.25, 0.3) is 0 Å². The van der Waals surface area contributed by atoms with E-state index in [9.17, 15) is 0 Å². The molecule has 1 saturated heterocycles. The van der Waals surface area contributed by atoms with Gasteiger partial charge >= 0.3 is 0 Å². The van der Waals surface area contributed by atoms with Gasteiger partial charge in [-0.15, -0.1) is 0 Å². The molecule has 1 aromatic carbocycles. The second-order valence-corrected chi connectivity index (χ2v) is 3.24. The molecule has 0 radical (unpaired) electrons. The van der Waals surface area contributed by atoms with Crippen molar-refractivity contribution in [2.24, 2.45) is 5.92 Å². The summed E-state index contributed by atoms with van der Waals surface area (Å²) in [4.78, 5) is 0. The molecule has 0 saturated carbocycles. The Labute approximate surface area is 72.2 Å². The van der Waals surface area contributed by atoms with Gasteiger partial charge in [-0.3, -0.25) is 0 Å². The van der Waals surface area contributed by atoms with E-state index in [2.05, 4.69) is 17.4 Å². The molecular weight excluding hydrogens is 150 g/mol. The smallest absolute Gasteiger partial charge is 0.0489 e. The fourth-order valence-electron chi connectivity index (χ4n) is 1.62. The predicted molar refractivity (Wildman–Crippen MR) is 47.8 cm³/mol. The van der Waals surface area contributed by atoms with Gasteiger partial charge in [0.25, 0.3) is 0 Å². The zero-order chi connectivity index (χ0) is 8.39. The van der Waals surface area contributed by atoms with Crippen molar-refractivity contribution in [1.29, 1.82) is 0 Å². The van der Waals surface area contributed by atoms with Gasteiger partial charge in [0.15, 0.2) is 0 Å². The van der Waals surface area contributed by atoms with Gasteiger partial charge in [0.2, 0.25) is 0 Å². The number of nitrogens with one attached hydrogen (secondary N) is 1. The first-order chi connectivity index (χ1) is 5.92. The van der Waals surface area contributed by atoms with Crippen molar-refractivity contribution in [3.8, 4) is 0 Å². The minimum absolute atomic E-state index is 0.284. The average molecular weight is 163 g/mol. The number of hydrogen-bond acceptors (Lipinski definition) is 2. The van der Waals surface area contributed by atoms with E-state index in [1.165, 1.54) is 5.56 Å². The van der Waals surface area contributed by atoms with Gasteiger partial charge in [-0.2, -0.15) is 0 Å². The lowest BCUT2D eigenvalue weighted by molar-refractivity contribution is 0.128. The van der Waals surface area contributed by atoms with Crippen molar-refractivity contribution in [1.82, 2.24) is 5.32 Å². The molecule has 0 amide bonds. The Bertz CT molecular complexity index is 245. The highest BCUT2D eigenvalue weighted by atomic mass is 16.3. The first-order valence-corrected chi connectivity index (χ1v) is 4.31. The lowest BCUT2D eigenvalue weighted by Gasteiger charge is -2.37. The molecule has 2 unspecified atom stereocenters. The fourth-order valence-corrected chi connectivity index (χ4v) is 1.62. The van der Waals surface area contributed by atoms with Gasteiger partial charge < -0.3 is 10.4 Å². The molecule has 12 heavy (non-hydrogen) atoms. The predicted octanol–water partition coefficient (Wildman–Crippen LogP) is 0.939. The van der Waals surface area contributed by atoms with E-state index < -0.39 is 0 Å². The molecule has 64 valence electrons. The molecule has 1 aliphatic heterocycles. The molecule has 2 heteroatoms. The molecule has 1 aliphatic rings. The quantitative estimate of drug-likeness (QED) is 0.680. The number of rotatable bonds is 2. The third-order valence-corrected chi connectivity index (χ3v) is 2.46. The number of aliphatic hydroxyl groups is 1. The van der Waals surface area contributed by atoms with E-state index in [1.54, 1.807) is 0 Å². The van der Waals surface area contributed by atoms with Gasteiger partial charge in [-0.05, 0) is 5.56 Å². The second kappa shape index (κ2) is 3.25. The summed E-state index contributed by atoms with van der Waals surface area (Å²) >= 11 is 0. The van der Waals surface area contributed by atoms with E-state index in [1.807, 2.05) is 18.2 Å². The van der Waals surface area contributed by atoms with Gasteiger partial charge in [0.1, 0.15) is 0 Å². The Morgan fingerprint density at radius 2 is 2.08 bits per heavy atom. The van der Waals surface area contributed by atoms with Gasteiger partial charge in [0, 0.05) is 25.1 Å². The van der Waals surface area contributed by atoms with Crippen LogP contribution in [-0.2, 0) is 0 Å². The summed E-state index contributed by atoms with van der Waals surface area (Å²) < 4.78 is 0. The Morgan fingerprint density at radius 3 is 2.58 bits per heavy atom. The third kappa shape index (κ3) is 1.24. The highest BCUT2D eigenvalue weighted by Gasteiger charge is 2.30. The lowest BCUT2D eigenvalue weighted by atomic mass is 9.87. The molecule has 1 aromatic rings. The summed E-state index contributed by atoms with van der Waals surface area (Å²) in [5.74, 6) is 0.410. The molecule has 0 bridgehead atoms. The van der Waals surface area contributed by atoms with Gasteiger partial charge in [-0.25, -0.2) is 0 Å². The van der Waals surface area contributed by atoms with Crippen LogP contribution in [0, 0.1) is 5.92 Å². The maximum absolute atomic E-state index is 8.98. The monoisotopic (exact) mass is 163 g/mol. The molecule has 2 atom stereocenters. The average Bonchev–Trinajstić information content (AvgIpc) is 2.05. The van der Waals surface area contributed by atoms with E-state index in [4.69, 9.17) is 5.11 Å². The van der Waals surface area contributed by atoms with Gasteiger partial charge in [0.05, 0.1) is 0 Å². The summed E-state index contributed by atoms with van der Waals surface area (Å²) in [7, 11) is 0.